The molecule has 0 amide bonds. The summed E-state index contributed by atoms with van der Waals surface area (Å²) < 4.78 is 5.33. The normalized spacial score (nSPS) is 13.1. The number of benzene rings is 1. The number of hydrogen-bond donors (Lipinski definition) is 1. The fraction of sp³-hybridized carbons (Fsp3) is 0.412. The predicted octanol–water partition coefficient (Wildman–Crippen LogP) is 4.02. The van der Waals surface area contributed by atoms with Gasteiger partial charge in [-0.25, -0.2) is 4.79 Å². The van der Waals surface area contributed by atoms with Crippen LogP contribution in [-0.4, -0.2) is 16.2 Å². The maximum atomic E-state index is 11.6. The average molecular weight is 287 g/mol. The molecule has 1 heterocycles. The Balaban J connectivity index is 2.33. The van der Waals surface area contributed by atoms with E-state index in [2.05, 4.69) is 12.1 Å². The number of carboxylic acid groups (broad SMARTS) is 1. The van der Waals surface area contributed by atoms with Gasteiger partial charge in [-0.1, -0.05) is 63.2 Å². The molecular formula is C17H21NO3. The number of carboxylic acids is 1. The molecule has 0 fully saturated rings. The Kier molecular flexibility index (Phi) is 4.16. The maximum absolute atomic E-state index is 11.6. The molecular weight excluding hydrogens is 266 g/mol. The van der Waals surface area contributed by atoms with Crippen LogP contribution in [0.5, 0.6) is 0 Å². The monoisotopic (exact) mass is 287 g/mol. The summed E-state index contributed by atoms with van der Waals surface area (Å²) in [5.74, 6) is -0.357. The van der Waals surface area contributed by atoms with Crippen molar-refractivity contribution in [3.05, 3.63) is 52.9 Å². The Morgan fingerprint density at radius 3 is 2.43 bits per heavy atom. The molecule has 2 aromatic rings. The molecule has 0 spiro atoms. The van der Waals surface area contributed by atoms with E-state index in [-0.39, 0.29) is 16.9 Å². The van der Waals surface area contributed by atoms with Crippen molar-refractivity contribution in [3.8, 4) is 0 Å². The molecule has 4 nitrogen and oxygen atoms in total. The molecule has 0 aliphatic rings. The van der Waals surface area contributed by atoms with Gasteiger partial charge in [-0.3, -0.25) is 0 Å². The van der Waals surface area contributed by atoms with Crippen LogP contribution in [0.4, 0.5) is 0 Å². The summed E-state index contributed by atoms with van der Waals surface area (Å²) in [5, 5.41) is 13.5. The summed E-state index contributed by atoms with van der Waals surface area (Å²) in [6.45, 7) is 7.82. The summed E-state index contributed by atoms with van der Waals surface area (Å²) in [5.41, 5.74) is 1.51. The van der Waals surface area contributed by atoms with E-state index in [4.69, 9.17) is 4.52 Å². The molecule has 0 bridgehead atoms. The molecule has 112 valence electrons. The highest BCUT2D eigenvalue weighted by atomic mass is 16.5. The summed E-state index contributed by atoms with van der Waals surface area (Å²) in [6.07, 6.45) is 0.547. The van der Waals surface area contributed by atoms with E-state index in [1.807, 2.05) is 51.1 Å². The lowest BCUT2D eigenvalue weighted by molar-refractivity contribution is 0.0691. The van der Waals surface area contributed by atoms with Crippen molar-refractivity contribution in [2.24, 2.45) is 0 Å². The summed E-state index contributed by atoms with van der Waals surface area (Å²) in [4.78, 5) is 11.6. The third-order valence-corrected chi connectivity index (χ3v) is 3.53. The minimum absolute atomic E-state index is 0.183. The molecule has 1 unspecified atom stereocenters. The summed E-state index contributed by atoms with van der Waals surface area (Å²) >= 11 is 0. The van der Waals surface area contributed by atoms with Gasteiger partial charge in [0.1, 0.15) is 5.56 Å². The van der Waals surface area contributed by atoms with Crippen LogP contribution < -0.4 is 0 Å². The zero-order valence-corrected chi connectivity index (χ0v) is 12.9. The highest BCUT2D eigenvalue weighted by molar-refractivity contribution is 5.90. The fourth-order valence-corrected chi connectivity index (χ4v) is 2.38. The minimum atomic E-state index is -0.976. The topological polar surface area (TPSA) is 63.3 Å². The zero-order chi connectivity index (χ0) is 15.6. The van der Waals surface area contributed by atoms with Gasteiger partial charge >= 0.3 is 5.97 Å². The quantitative estimate of drug-likeness (QED) is 0.922. The molecule has 2 rings (SSSR count). The van der Waals surface area contributed by atoms with Gasteiger partial charge in [0, 0.05) is 11.8 Å². The first-order valence-corrected chi connectivity index (χ1v) is 7.08. The Morgan fingerprint density at radius 1 is 1.29 bits per heavy atom. The Bertz CT molecular complexity index is 623. The van der Waals surface area contributed by atoms with Crippen LogP contribution >= 0.6 is 0 Å². The molecule has 4 heteroatoms. The number of nitrogens with zero attached hydrogens (tertiary/aromatic N) is 1. The van der Waals surface area contributed by atoms with Crippen molar-refractivity contribution in [2.75, 3.05) is 0 Å². The van der Waals surface area contributed by atoms with Crippen LogP contribution in [0, 0.1) is 0 Å². The Hall–Kier alpha value is -2.10. The second kappa shape index (κ2) is 5.72. The van der Waals surface area contributed by atoms with Gasteiger partial charge in [0.2, 0.25) is 0 Å². The van der Waals surface area contributed by atoms with Gasteiger partial charge in [0.05, 0.1) is 5.69 Å². The minimum Gasteiger partial charge on any atom is -0.477 e. The van der Waals surface area contributed by atoms with E-state index >= 15 is 0 Å². The first kappa shape index (κ1) is 15.3. The molecule has 21 heavy (non-hydrogen) atoms. The lowest BCUT2D eigenvalue weighted by atomic mass is 9.87. The first-order valence-electron chi connectivity index (χ1n) is 7.08. The van der Waals surface area contributed by atoms with Crippen molar-refractivity contribution in [1.29, 1.82) is 0 Å². The van der Waals surface area contributed by atoms with Gasteiger partial charge in [-0.15, -0.1) is 0 Å². The number of rotatable bonds is 4. The highest BCUT2D eigenvalue weighted by Gasteiger charge is 2.31. The molecule has 1 atom stereocenters. The number of carbonyl (C=O) groups is 1. The number of aromatic nitrogens is 1. The van der Waals surface area contributed by atoms with E-state index in [9.17, 15) is 9.90 Å². The molecule has 1 N–H and O–H groups in total. The molecule has 0 saturated carbocycles. The van der Waals surface area contributed by atoms with Crippen LogP contribution in [0.15, 0.2) is 34.9 Å². The standard InChI is InChI=1S/C17H21NO3/c1-11(12-8-6-5-7-9-12)10-13-14(16(19)20)15(21-18-13)17(2,3)4/h5-9,11H,10H2,1-4H3,(H,19,20). The van der Waals surface area contributed by atoms with E-state index in [1.165, 1.54) is 0 Å². The van der Waals surface area contributed by atoms with E-state index in [0.717, 1.165) is 5.56 Å². The second-order valence-corrected chi connectivity index (χ2v) is 6.40. The van der Waals surface area contributed by atoms with Gasteiger partial charge in [-0.2, -0.15) is 0 Å². The molecule has 0 saturated heterocycles. The number of hydrogen-bond acceptors (Lipinski definition) is 3. The van der Waals surface area contributed by atoms with Gasteiger partial charge in [0.15, 0.2) is 5.76 Å². The first-order chi connectivity index (χ1) is 9.80. The van der Waals surface area contributed by atoms with Gasteiger partial charge < -0.3 is 9.63 Å². The molecule has 1 aromatic heterocycles. The smallest absolute Gasteiger partial charge is 0.341 e. The molecule has 0 aliphatic carbocycles. The zero-order valence-electron chi connectivity index (χ0n) is 12.9. The van der Waals surface area contributed by atoms with Crippen molar-refractivity contribution >= 4 is 5.97 Å². The van der Waals surface area contributed by atoms with Crippen molar-refractivity contribution < 1.29 is 14.4 Å². The van der Waals surface area contributed by atoms with Crippen LogP contribution in [0.25, 0.3) is 0 Å². The Morgan fingerprint density at radius 2 is 1.90 bits per heavy atom. The molecule has 1 aromatic carbocycles. The van der Waals surface area contributed by atoms with Crippen LogP contribution in [0.2, 0.25) is 0 Å². The van der Waals surface area contributed by atoms with Crippen molar-refractivity contribution in [3.63, 3.8) is 0 Å². The molecule has 0 radical (unpaired) electrons. The third kappa shape index (κ3) is 3.32. The SMILES string of the molecule is CC(Cc1noc(C(C)(C)C)c1C(=O)O)c1ccccc1. The van der Waals surface area contributed by atoms with Crippen molar-refractivity contribution in [2.45, 2.75) is 45.4 Å². The summed E-state index contributed by atoms with van der Waals surface area (Å²) in [7, 11) is 0. The Labute approximate surface area is 124 Å². The molecule has 0 aliphatic heterocycles. The number of aromatic carboxylic acids is 1. The van der Waals surface area contributed by atoms with Crippen LogP contribution in [0.3, 0.4) is 0 Å². The van der Waals surface area contributed by atoms with E-state index in [0.29, 0.717) is 17.9 Å². The van der Waals surface area contributed by atoms with Gasteiger partial charge in [0.25, 0.3) is 0 Å². The third-order valence-electron chi connectivity index (χ3n) is 3.53. The largest absolute Gasteiger partial charge is 0.477 e. The second-order valence-electron chi connectivity index (χ2n) is 6.40. The van der Waals surface area contributed by atoms with Gasteiger partial charge in [-0.05, 0) is 11.5 Å². The average Bonchev–Trinajstić information content (AvgIpc) is 2.83. The van der Waals surface area contributed by atoms with Crippen LogP contribution in [-0.2, 0) is 11.8 Å². The fourth-order valence-electron chi connectivity index (χ4n) is 2.38. The lowest BCUT2D eigenvalue weighted by Crippen LogP contribution is -2.16. The summed E-state index contributed by atoms with van der Waals surface area (Å²) in [6, 6.07) is 10.00. The van der Waals surface area contributed by atoms with E-state index < -0.39 is 5.97 Å². The highest BCUT2D eigenvalue weighted by Crippen LogP contribution is 2.30. The predicted molar refractivity (Wildman–Crippen MR) is 80.7 cm³/mol. The van der Waals surface area contributed by atoms with E-state index in [1.54, 1.807) is 0 Å². The van der Waals surface area contributed by atoms with Crippen LogP contribution in [0.1, 0.15) is 61.0 Å². The lowest BCUT2D eigenvalue weighted by Gasteiger charge is -2.15. The van der Waals surface area contributed by atoms with Crippen molar-refractivity contribution in [1.82, 2.24) is 5.16 Å². The maximum Gasteiger partial charge on any atom is 0.341 e.